The summed E-state index contributed by atoms with van der Waals surface area (Å²) < 4.78 is 5.51. The van der Waals surface area contributed by atoms with Crippen molar-refractivity contribution >= 4 is 22.6 Å². The van der Waals surface area contributed by atoms with Crippen LogP contribution in [0, 0.1) is 0 Å². The molecule has 0 saturated heterocycles. The lowest BCUT2D eigenvalue weighted by molar-refractivity contribution is 0.254. The fraction of sp³-hybridized carbons (Fsp3) is 0.333. The molecule has 4 nitrogen and oxygen atoms in total. The standard InChI is InChI=1S/C12H14ClN3O/c1-16(2)5-6-17-12-8-14-10-4-3-9(13)7-11(10)15-12/h3-4,7-8H,5-6H2,1-2H3. The number of likely N-dealkylation sites (N-methyl/N-ethyl adjacent to an activating group) is 1. The van der Waals surface area contributed by atoms with E-state index >= 15 is 0 Å². The molecule has 0 amide bonds. The van der Waals surface area contributed by atoms with Crippen molar-refractivity contribution in [2.24, 2.45) is 0 Å². The van der Waals surface area contributed by atoms with Gasteiger partial charge in [-0.25, -0.2) is 9.97 Å². The minimum atomic E-state index is 0.529. The van der Waals surface area contributed by atoms with Crippen LogP contribution in [0.5, 0.6) is 5.88 Å². The molecule has 90 valence electrons. The lowest BCUT2D eigenvalue weighted by Gasteiger charge is -2.10. The van der Waals surface area contributed by atoms with E-state index in [1.807, 2.05) is 25.1 Å². The highest BCUT2D eigenvalue weighted by Crippen LogP contribution is 2.18. The maximum atomic E-state index is 5.90. The number of nitrogens with zero attached hydrogens (tertiary/aromatic N) is 3. The van der Waals surface area contributed by atoms with Crippen LogP contribution in [0.4, 0.5) is 0 Å². The number of benzene rings is 1. The second-order valence-electron chi connectivity index (χ2n) is 3.99. The third-order valence-electron chi connectivity index (χ3n) is 2.27. The monoisotopic (exact) mass is 251 g/mol. The molecule has 2 rings (SSSR count). The van der Waals surface area contributed by atoms with Gasteiger partial charge in [0, 0.05) is 11.6 Å². The predicted octanol–water partition coefficient (Wildman–Crippen LogP) is 2.22. The van der Waals surface area contributed by atoms with E-state index in [4.69, 9.17) is 16.3 Å². The zero-order valence-corrected chi connectivity index (χ0v) is 10.6. The Morgan fingerprint density at radius 3 is 2.88 bits per heavy atom. The summed E-state index contributed by atoms with van der Waals surface area (Å²) in [5.41, 5.74) is 1.56. The molecule has 0 spiro atoms. The summed E-state index contributed by atoms with van der Waals surface area (Å²) >= 11 is 5.90. The van der Waals surface area contributed by atoms with Crippen molar-refractivity contribution in [3.63, 3.8) is 0 Å². The van der Waals surface area contributed by atoms with E-state index in [0.717, 1.165) is 17.6 Å². The predicted molar refractivity (Wildman–Crippen MR) is 68.6 cm³/mol. The molecule has 1 aromatic heterocycles. The van der Waals surface area contributed by atoms with Gasteiger partial charge < -0.3 is 9.64 Å². The highest BCUT2D eigenvalue weighted by Gasteiger charge is 2.01. The van der Waals surface area contributed by atoms with Gasteiger partial charge in [0.05, 0.1) is 17.2 Å². The van der Waals surface area contributed by atoms with Crippen molar-refractivity contribution in [3.8, 4) is 5.88 Å². The average molecular weight is 252 g/mol. The lowest BCUT2D eigenvalue weighted by Crippen LogP contribution is -2.19. The van der Waals surface area contributed by atoms with E-state index in [2.05, 4.69) is 9.97 Å². The topological polar surface area (TPSA) is 38.2 Å². The molecule has 0 aliphatic heterocycles. The van der Waals surface area contributed by atoms with Gasteiger partial charge in [-0.3, -0.25) is 0 Å². The summed E-state index contributed by atoms with van der Waals surface area (Å²) in [6.07, 6.45) is 1.63. The molecule has 0 N–H and O–H groups in total. The minimum absolute atomic E-state index is 0.529. The molecular weight excluding hydrogens is 238 g/mol. The van der Waals surface area contributed by atoms with Crippen LogP contribution < -0.4 is 4.74 Å². The zero-order chi connectivity index (χ0) is 12.3. The van der Waals surface area contributed by atoms with Crippen molar-refractivity contribution in [1.29, 1.82) is 0 Å². The summed E-state index contributed by atoms with van der Waals surface area (Å²) in [6.45, 7) is 1.43. The van der Waals surface area contributed by atoms with E-state index in [9.17, 15) is 0 Å². The first-order valence-corrected chi connectivity index (χ1v) is 5.73. The van der Waals surface area contributed by atoms with Gasteiger partial charge in [0.1, 0.15) is 6.61 Å². The Labute approximate surface area is 105 Å². The SMILES string of the molecule is CN(C)CCOc1cnc2ccc(Cl)cc2n1. The number of hydrogen-bond donors (Lipinski definition) is 0. The molecule has 0 aliphatic carbocycles. The van der Waals surface area contributed by atoms with E-state index in [0.29, 0.717) is 17.5 Å². The first-order valence-electron chi connectivity index (χ1n) is 5.35. The molecule has 5 heteroatoms. The van der Waals surface area contributed by atoms with Gasteiger partial charge in [-0.15, -0.1) is 0 Å². The van der Waals surface area contributed by atoms with Crippen LogP contribution in [-0.2, 0) is 0 Å². The molecular formula is C12H14ClN3O. The van der Waals surface area contributed by atoms with Crippen molar-refractivity contribution in [2.75, 3.05) is 27.2 Å². The van der Waals surface area contributed by atoms with Gasteiger partial charge in [0.2, 0.25) is 5.88 Å². The van der Waals surface area contributed by atoms with Crippen LogP contribution in [-0.4, -0.2) is 42.1 Å². The van der Waals surface area contributed by atoms with Crippen LogP contribution in [0.3, 0.4) is 0 Å². The summed E-state index contributed by atoms with van der Waals surface area (Å²) in [5.74, 6) is 0.529. The first-order chi connectivity index (χ1) is 8.15. The number of ether oxygens (including phenoxy) is 1. The Morgan fingerprint density at radius 1 is 1.29 bits per heavy atom. The lowest BCUT2D eigenvalue weighted by atomic mass is 10.3. The number of fused-ring (bicyclic) bond motifs is 1. The Morgan fingerprint density at radius 2 is 2.12 bits per heavy atom. The van der Waals surface area contributed by atoms with Gasteiger partial charge >= 0.3 is 0 Å². The van der Waals surface area contributed by atoms with Gasteiger partial charge in [-0.05, 0) is 32.3 Å². The zero-order valence-electron chi connectivity index (χ0n) is 9.85. The summed E-state index contributed by atoms with van der Waals surface area (Å²) in [7, 11) is 3.99. The molecule has 0 atom stereocenters. The smallest absolute Gasteiger partial charge is 0.232 e. The maximum absolute atomic E-state index is 5.90. The van der Waals surface area contributed by atoms with Crippen LogP contribution in [0.15, 0.2) is 24.4 Å². The quantitative estimate of drug-likeness (QED) is 0.835. The molecule has 0 unspecified atom stereocenters. The summed E-state index contributed by atoms with van der Waals surface area (Å²) in [6, 6.07) is 5.42. The summed E-state index contributed by atoms with van der Waals surface area (Å²) in [5, 5.41) is 0.650. The fourth-order valence-electron chi connectivity index (χ4n) is 1.37. The van der Waals surface area contributed by atoms with Gasteiger partial charge in [-0.2, -0.15) is 0 Å². The molecule has 0 fully saturated rings. The second-order valence-corrected chi connectivity index (χ2v) is 4.43. The molecule has 2 aromatic rings. The van der Waals surface area contributed by atoms with E-state index < -0.39 is 0 Å². The fourth-order valence-corrected chi connectivity index (χ4v) is 1.54. The molecule has 0 radical (unpaired) electrons. The highest BCUT2D eigenvalue weighted by molar-refractivity contribution is 6.31. The third kappa shape index (κ3) is 3.28. The van der Waals surface area contributed by atoms with Gasteiger partial charge in [0.15, 0.2) is 0 Å². The normalized spacial score (nSPS) is 11.1. The van der Waals surface area contributed by atoms with Gasteiger partial charge in [0.25, 0.3) is 0 Å². The number of halogens is 1. The maximum Gasteiger partial charge on any atom is 0.232 e. The molecule has 0 aliphatic rings. The molecule has 17 heavy (non-hydrogen) atoms. The van der Waals surface area contributed by atoms with E-state index in [1.54, 1.807) is 18.3 Å². The van der Waals surface area contributed by atoms with Gasteiger partial charge in [-0.1, -0.05) is 11.6 Å². The number of hydrogen-bond acceptors (Lipinski definition) is 4. The third-order valence-corrected chi connectivity index (χ3v) is 2.51. The Bertz CT molecular complexity index is 516. The van der Waals surface area contributed by atoms with Crippen molar-refractivity contribution in [1.82, 2.24) is 14.9 Å². The second kappa shape index (κ2) is 5.29. The van der Waals surface area contributed by atoms with E-state index in [-0.39, 0.29) is 0 Å². The number of aromatic nitrogens is 2. The molecule has 1 aromatic carbocycles. The van der Waals surface area contributed by atoms with Crippen molar-refractivity contribution < 1.29 is 4.74 Å². The summed E-state index contributed by atoms with van der Waals surface area (Å²) in [4.78, 5) is 10.7. The Balaban J connectivity index is 2.13. The minimum Gasteiger partial charge on any atom is -0.475 e. The highest BCUT2D eigenvalue weighted by atomic mass is 35.5. The van der Waals surface area contributed by atoms with Crippen molar-refractivity contribution in [3.05, 3.63) is 29.4 Å². The largest absolute Gasteiger partial charge is 0.475 e. The molecule has 1 heterocycles. The van der Waals surface area contributed by atoms with E-state index in [1.165, 1.54) is 0 Å². The molecule has 0 bridgehead atoms. The Kier molecular flexibility index (Phi) is 3.76. The van der Waals surface area contributed by atoms with Crippen LogP contribution in [0.25, 0.3) is 11.0 Å². The van der Waals surface area contributed by atoms with Crippen LogP contribution in [0.1, 0.15) is 0 Å². The Hall–Kier alpha value is -1.39. The van der Waals surface area contributed by atoms with Crippen molar-refractivity contribution in [2.45, 2.75) is 0 Å². The van der Waals surface area contributed by atoms with Crippen LogP contribution >= 0.6 is 11.6 Å². The first kappa shape index (κ1) is 12.1. The molecule has 0 saturated carbocycles. The number of rotatable bonds is 4. The van der Waals surface area contributed by atoms with Crippen LogP contribution in [0.2, 0.25) is 5.02 Å². The average Bonchev–Trinajstić information content (AvgIpc) is 2.28.